The van der Waals surface area contributed by atoms with Crippen molar-refractivity contribution in [2.75, 3.05) is 6.54 Å². The van der Waals surface area contributed by atoms with E-state index in [2.05, 4.69) is 5.32 Å². The Morgan fingerprint density at radius 2 is 2.33 bits per heavy atom. The lowest BCUT2D eigenvalue weighted by molar-refractivity contribution is 0.113. The standard InChI is InChI=1S/C7H13NO/c9-6-2-1-3-7(4-6)5-8-7/h6,8-9H,1-5H2. The molecule has 0 aromatic rings. The lowest BCUT2D eigenvalue weighted by Gasteiger charge is -2.23. The highest BCUT2D eigenvalue weighted by atomic mass is 16.3. The summed E-state index contributed by atoms with van der Waals surface area (Å²) in [6.07, 6.45) is 4.48. The van der Waals surface area contributed by atoms with Gasteiger partial charge in [0.2, 0.25) is 0 Å². The molecule has 9 heavy (non-hydrogen) atoms. The first-order chi connectivity index (χ1) is 4.31. The molecule has 2 unspecified atom stereocenters. The number of hydrogen-bond donors (Lipinski definition) is 2. The molecule has 2 aliphatic rings. The first-order valence-electron chi connectivity index (χ1n) is 3.74. The molecule has 1 saturated heterocycles. The smallest absolute Gasteiger partial charge is 0.0558 e. The average Bonchev–Trinajstić information content (AvgIpc) is 2.49. The fourth-order valence-electron chi connectivity index (χ4n) is 1.78. The van der Waals surface area contributed by atoms with Crippen LogP contribution in [0.4, 0.5) is 0 Å². The van der Waals surface area contributed by atoms with E-state index in [1.54, 1.807) is 0 Å². The van der Waals surface area contributed by atoms with E-state index in [1.807, 2.05) is 0 Å². The first-order valence-corrected chi connectivity index (χ1v) is 3.74. The van der Waals surface area contributed by atoms with Crippen LogP contribution in [0.3, 0.4) is 0 Å². The second-order valence-corrected chi connectivity index (χ2v) is 3.38. The molecule has 0 amide bonds. The zero-order valence-corrected chi connectivity index (χ0v) is 5.56. The molecule has 0 aromatic carbocycles. The van der Waals surface area contributed by atoms with Gasteiger partial charge in [0.25, 0.3) is 0 Å². The molecule has 52 valence electrons. The maximum absolute atomic E-state index is 9.24. The zero-order valence-electron chi connectivity index (χ0n) is 5.56. The molecule has 2 N–H and O–H groups in total. The molecule has 2 heteroatoms. The molecule has 2 fully saturated rings. The molecular weight excluding hydrogens is 114 g/mol. The Bertz CT molecular complexity index is 120. The van der Waals surface area contributed by atoms with Crippen LogP contribution in [0.15, 0.2) is 0 Å². The quantitative estimate of drug-likeness (QED) is 0.458. The van der Waals surface area contributed by atoms with Crippen molar-refractivity contribution in [3.05, 3.63) is 0 Å². The van der Waals surface area contributed by atoms with Gasteiger partial charge >= 0.3 is 0 Å². The highest BCUT2D eigenvalue weighted by Gasteiger charge is 2.44. The maximum atomic E-state index is 9.24. The Hall–Kier alpha value is -0.0800. The van der Waals surface area contributed by atoms with Gasteiger partial charge < -0.3 is 10.4 Å². The molecule has 1 saturated carbocycles. The molecule has 0 aromatic heterocycles. The van der Waals surface area contributed by atoms with E-state index in [9.17, 15) is 5.11 Å². The maximum Gasteiger partial charge on any atom is 0.0558 e. The Balaban J connectivity index is 1.96. The van der Waals surface area contributed by atoms with Crippen LogP contribution in [0.1, 0.15) is 25.7 Å². The fourth-order valence-corrected chi connectivity index (χ4v) is 1.78. The van der Waals surface area contributed by atoms with Gasteiger partial charge in [-0.1, -0.05) is 0 Å². The van der Waals surface area contributed by atoms with Gasteiger partial charge in [-0.25, -0.2) is 0 Å². The number of aliphatic hydroxyl groups excluding tert-OH is 1. The minimum Gasteiger partial charge on any atom is -0.393 e. The van der Waals surface area contributed by atoms with Crippen molar-refractivity contribution in [1.29, 1.82) is 0 Å². The zero-order chi connectivity index (χ0) is 6.32. The van der Waals surface area contributed by atoms with Gasteiger partial charge in [0, 0.05) is 12.1 Å². The van der Waals surface area contributed by atoms with E-state index < -0.39 is 0 Å². The molecule has 1 aliphatic carbocycles. The van der Waals surface area contributed by atoms with Crippen molar-refractivity contribution in [3.8, 4) is 0 Å². The van der Waals surface area contributed by atoms with Crippen LogP contribution in [-0.4, -0.2) is 23.3 Å². The molecular formula is C7H13NO. The number of hydrogen-bond acceptors (Lipinski definition) is 2. The van der Waals surface area contributed by atoms with Gasteiger partial charge in [-0.15, -0.1) is 0 Å². The number of aliphatic hydroxyl groups is 1. The van der Waals surface area contributed by atoms with Gasteiger partial charge in [-0.3, -0.25) is 0 Å². The van der Waals surface area contributed by atoms with Crippen LogP contribution < -0.4 is 5.32 Å². The van der Waals surface area contributed by atoms with Crippen molar-refractivity contribution in [3.63, 3.8) is 0 Å². The van der Waals surface area contributed by atoms with Crippen molar-refractivity contribution in [2.45, 2.75) is 37.3 Å². The largest absolute Gasteiger partial charge is 0.393 e. The van der Waals surface area contributed by atoms with E-state index in [4.69, 9.17) is 0 Å². The minimum atomic E-state index is -0.0197. The van der Waals surface area contributed by atoms with Gasteiger partial charge in [0.05, 0.1) is 6.10 Å². The Labute approximate surface area is 55.3 Å². The summed E-state index contributed by atoms with van der Waals surface area (Å²) in [5, 5.41) is 12.6. The van der Waals surface area contributed by atoms with Gasteiger partial charge in [0.15, 0.2) is 0 Å². The van der Waals surface area contributed by atoms with E-state index in [0.29, 0.717) is 5.54 Å². The summed E-state index contributed by atoms with van der Waals surface area (Å²) in [6, 6.07) is 0. The van der Waals surface area contributed by atoms with E-state index in [-0.39, 0.29) is 6.10 Å². The fraction of sp³-hybridized carbons (Fsp3) is 1.00. The van der Waals surface area contributed by atoms with Crippen molar-refractivity contribution in [1.82, 2.24) is 5.32 Å². The van der Waals surface area contributed by atoms with Crippen molar-refractivity contribution >= 4 is 0 Å². The molecule has 2 nitrogen and oxygen atoms in total. The van der Waals surface area contributed by atoms with Gasteiger partial charge in [-0.05, 0) is 25.7 Å². The predicted octanol–water partition coefficient (Wildman–Crippen LogP) is 0.263. The van der Waals surface area contributed by atoms with Crippen LogP contribution in [0, 0.1) is 0 Å². The Morgan fingerprint density at radius 3 is 2.78 bits per heavy atom. The van der Waals surface area contributed by atoms with Crippen LogP contribution in [0.25, 0.3) is 0 Å². The van der Waals surface area contributed by atoms with Crippen LogP contribution in [-0.2, 0) is 0 Å². The second-order valence-electron chi connectivity index (χ2n) is 3.38. The molecule has 1 aliphatic heterocycles. The first kappa shape index (κ1) is 5.69. The van der Waals surface area contributed by atoms with Crippen molar-refractivity contribution < 1.29 is 5.11 Å². The van der Waals surface area contributed by atoms with Crippen molar-refractivity contribution in [2.24, 2.45) is 0 Å². The molecule has 0 bridgehead atoms. The summed E-state index contributed by atoms with van der Waals surface area (Å²) in [7, 11) is 0. The highest BCUT2D eigenvalue weighted by molar-refractivity contribution is 5.06. The average molecular weight is 127 g/mol. The normalized spacial score (nSPS) is 49.7. The monoisotopic (exact) mass is 127 g/mol. The molecule has 2 rings (SSSR count). The molecule has 2 atom stereocenters. The third-order valence-electron chi connectivity index (χ3n) is 2.50. The summed E-state index contributed by atoms with van der Waals surface area (Å²) >= 11 is 0. The highest BCUT2D eigenvalue weighted by Crippen LogP contribution is 2.34. The van der Waals surface area contributed by atoms with Crippen LogP contribution in [0.2, 0.25) is 0 Å². The minimum absolute atomic E-state index is 0.0197. The summed E-state index contributed by atoms with van der Waals surface area (Å²) < 4.78 is 0. The Kier molecular flexibility index (Phi) is 1.08. The summed E-state index contributed by atoms with van der Waals surface area (Å²) in [6.45, 7) is 1.14. The van der Waals surface area contributed by atoms with Gasteiger partial charge in [-0.2, -0.15) is 0 Å². The lowest BCUT2D eigenvalue weighted by Crippen LogP contribution is -2.28. The van der Waals surface area contributed by atoms with E-state index in [0.717, 1.165) is 19.4 Å². The lowest BCUT2D eigenvalue weighted by atomic mass is 9.87. The van der Waals surface area contributed by atoms with E-state index in [1.165, 1.54) is 12.8 Å². The predicted molar refractivity (Wildman–Crippen MR) is 35.2 cm³/mol. The summed E-state index contributed by atoms with van der Waals surface area (Å²) in [5.74, 6) is 0. The number of rotatable bonds is 0. The topological polar surface area (TPSA) is 42.2 Å². The van der Waals surface area contributed by atoms with Crippen LogP contribution in [0.5, 0.6) is 0 Å². The summed E-state index contributed by atoms with van der Waals surface area (Å²) in [4.78, 5) is 0. The number of nitrogens with one attached hydrogen (secondary N) is 1. The third-order valence-corrected chi connectivity index (χ3v) is 2.50. The summed E-state index contributed by atoms with van der Waals surface area (Å²) in [5.41, 5.74) is 0.400. The molecule has 1 heterocycles. The molecule has 0 radical (unpaired) electrons. The third kappa shape index (κ3) is 0.970. The SMILES string of the molecule is OC1CCCC2(CN2)C1. The molecule has 1 spiro atoms. The Morgan fingerprint density at radius 1 is 1.56 bits per heavy atom. The van der Waals surface area contributed by atoms with Gasteiger partial charge in [0.1, 0.15) is 0 Å². The van der Waals surface area contributed by atoms with E-state index >= 15 is 0 Å². The van der Waals surface area contributed by atoms with Crippen LogP contribution >= 0.6 is 0 Å². The second kappa shape index (κ2) is 1.70.